The third-order valence-corrected chi connectivity index (χ3v) is 4.75. The first kappa shape index (κ1) is 18.4. The molecule has 2 aromatic heterocycles. The summed E-state index contributed by atoms with van der Waals surface area (Å²) in [5.41, 5.74) is 1.67. The summed E-state index contributed by atoms with van der Waals surface area (Å²) in [6.07, 6.45) is 3.60. The Morgan fingerprint density at radius 3 is 2.61 bits per heavy atom. The van der Waals surface area contributed by atoms with Gasteiger partial charge in [-0.1, -0.05) is 41.6 Å². The van der Waals surface area contributed by atoms with Gasteiger partial charge in [0.2, 0.25) is 16.9 Å². The van der Waals surface area contributed by atoms with Crippen LogP contribution >= 0.6 is 23.4 Å². The van der Waals surface area contributed by atoms with Gasteiger partial charge in [-0.15, -0.1) is 15.3 Å². The van der Waals surface area contributed by atoms with Gasteiger partial charge in [0, 0.05) is 10.6 Å². The van der Waals surface area contributed by atoms with Crippen molar-refractivity contribution < 1.29 is 8.81 Å². The summed E-state index contributed by atoms with van der Waals surface area (Å²) in [6.45, 7) is 0. The molecular weight excluding hydrogens is 401 g/mol. The number of halogens is 2. The third kappa shape index (κ3) is 4.65. The fourth-order valence-electron chi connectivity index (χ4n) is 2.29. The van der Waals surface area contributed by atoms with Crippen LogP contribution in [0.3, 0.4) is 0 Å². The van der Waals surface area contributed by atoms with Crippen molar-refractivity contribution in [1.82, 2.24) is 25.4 Å². The molecule has 0 saturated heterocycles. The van der Waals surface area contributed by atoms with Gasteiger partial charge in [0.1, 0.15) is 11.6 Å². The molecule has 0 unspecified atom stereocenters. The molecule has 0 radical (unpaired) electrons. The number of rotatable bonds is 6. The summed E-state index contributed by atoms with van der Waals surface area (Å²) in [5, 5.41) is 16.3. The van der Waals surface area contributed by atoms with Gasteiger partial charge >= 0.3 is 0 Å². The van der Waals surface area contributed by atoms with E-state index < -0.39 is 0 Å². The van der Waals surface area contributed by atoms with Crippen molar-refractivity contribution in [2.24, 2.45) is 0 Å². The van der Waals surface area contributed by atoms with Crippen molar-refractivity contribution in [2.75, 3.05) is 0 Å². The highest BCUT2D eigenvalue weighted by molar-refractivity contribution is 7.98. The second kappa shape index (κ2) is 8.37. The average Bonchev–Trinajstić information content (AvgIpc) is 3.36. The van der Waals surface area contributed by atoms with E-state index in [0.717, 1.165) is 11.1 Å². The zero-order chi connectivity index (χ0) is 19.3. The Morgan fingerprint density at radius 1 is 1.04 bits per heavy atom. The molecule has 6 nitrogen and oxygen atoms in total. The van der Waals surface area contributed by atoms with E-state index in [1.807, 2.05) is 18.2 Å². The molecule has 0 saturated carbocycles. The van der Waals surface area contributed by atoms with Crippen LogP contribution in [0.25, 0.3) is 23.6 Å². The number of aromatic nitrogens is 5. The average molecular weight is 414 g/mol. The largest absolute Gasteiger partial charge is 0.420 e. The zero-order valence-corrected chi connectivity index (χ0v) is 15.9. The molecule has 0 fully saturated rings. The van der Waals surface area contributed by atoms with Crippen LogP contribution in [0.15, 0.2) is 58.1 Å². The molecule has 1 N–H and O–H groups in total. The summed E-state index contributed by atoms with van der Waals surface area (Å²) in [5.74, 6) is 1.68. The van der Waals surface area contributed by atoms with E-state index in [1.165, 1.54) is 23.9 Å². The van der Waals surface area contributed by atoms with Crippen LogP contribution < -0.4 is 0 Å². The van der Waals surface area contributed by atoms with Gasteiger partial charge in [-0.2, -0.15) is 0 Å². The van der Waals surface area contributed by atoms with Gasteiger partial charge in [0.15, 0.2) is 0 Å². The molecule has 2 aromatic carbocycles. The minimum Gasteiger partial charge on any atom is -0.420 e. The fourth-order valence-corrected chi connectivity index (χ4v) is 3.06. The Morgan fingerprint density at radius 2 is 1.82 bits per heavy atom. The SMILES string of the molecule is Fc1ccc(/C=C/c2nc(SCc3nnc(-c4ccc(Cl)cc4)o3)n[nH]2)cc1. The lowest BCUT2D eigenvalue weighted by atomic mass is 10.2. The minimum atomic E-state index is -0.268. The van der Waals surface area contributed by atoms with E-state index >= 15 is 0 Å². The van der Waals surface area contributed by atoms with E-state index in [2.05, 4.69) is 25.4 Å². The van der Waals surface area contributed by atoms with E-state index in [4.69, 9.17) is 16.0 Å². The maximum atomic E-state index is 12.9. The van der Waals surface area contributed by atoms with Crippen LogP contribution in [0.4, 0.5) is 4.39 Å². The monoisotopic (exact) mass is 413 g/mol. The lowest BCUT2D eigenvalue weighted by Gasteiger charge is -1.94. The van der Waals surface area contributed by atoms with Crippen molar-refractivity contribution >= 4 is 35.5 Å². The van der Waals surface area contributed by atoms with Crippen LogP contribution in [0.2, 0.25) is 5.02 Å². The molecule has 2 heterocycles. The highest BCUT2D eigenvalue weighted by Crippen LogP contribution is 2.23. The van der Waals surface area contributed by atoms with Crippen LogP contribution in [-0.2, 0) is 5.75 Å². The van der Waals surface area contributed by atoms with Gasteiger partial charge in [-0.25, -0.2) is 9.37 Å². The number of nitrogens with one attached hydrogen (secondary N) is 1. The van der Waals surface area contributed by atoms with Crippen molar-refractivity contribution in [3.05, 3.63) is 76.6 Å². The first-order valence-electron chi connectivity index (χ1n) is 8.23. The predicted octanol–water partition coefficient (Wildman–Crippen LogP) is 5.11. The molecule has 4 rings (SSSR count). The number of nitrogens with zero attached hydrogens (tertiary/aromatic N) is 4. The van der Waals surface area contributed by atoms with E-state index in [-0.39, 0.29) is 5.82 Å². The summed E-state index contributed by atoms with van der Waals surface area (Å²) in [7, 11) is 0. The smallest absolute Gasteiger partial charge is 0.247 e. The molecule has 0 spiro atoms. The highest BCUT2D eigenvalue weighted by Gasteiger charge is 2.10. The molecule has 0 aliphatic rings. The molecule has 4 aromatic rings. The maximum Gasteiger partial charge on any atom is 0.247 e. The molecule has 9 heteroatoms. The molecule has 0 atom stereocenters. The molecule has 28 heavy (non-hydrogen) atoms. The van der Waals surface area contributed by atoms with Crippen LogP contribution in [0, 0.1) is 5.82 Å². The van der Waals surface area contributed by atoms with E-state index in [1.54, 1.807) is 30.3 Å². The van der Waals surface area contributed by atoms with E-state index in [0.29, 0.717) is 33.5 Å². The second-order valence-corrected chi connectivity index (χ2v) is 7.06. The summed E-state index contributed by atoms with van der Waals surface area (Å²) >= 11 is 7.26. The molecule has 0 aliphatic heterocycles. The second-order valence-electron chi connectivity index (χ2n) is 5.68. The first-order valence-corrected chi connectivity index (χ1v) is 9.59. The standard InChI is InChI=1S/C19H13ClFN5OS/c20-14-6-4-13(5-7-14)18-25-24-17(27-18)11-28-19-22-16(23-26-19)10-3-12-1-8-15(21)9-2-12/h1-10H,11H2,(H,22,23,26)/b10-3+. The van der Waals surface area contributed by atoms with Crippen LogP contribution in [0.5, 0.6) is 0 Å². The fraction of sp³-hybridized carbons (Fsp3) is 0.0526. The van der Waals surface area contributed by atoms with Gasteiger partial charge in [-0.05, 0) is 48.0 Å². The van der Waals surface area contributed by atoms with Gasteiger partial charge < -0.3 is 4.42 Å². The Hall–Kier alpha value is -2.97. The number of thioether (sulfide) groups is 1. The van der Waals surface area contributed by atoms with Crippen molar-refractivity contribution in [2.45, 2.75) is 10.9 Å². The molecule has 0 aliphatic carbocycles. The number of aromatic amines is 1. The third-order valence-electron chi connectivity index (χ3n) is 3.67. The van der Waals surface area contributed by atoms with Crippen LogP contribution in [0.1, 0.15) is 17.3 Å². The van der Waals surface area contributed by atoms with E-state index in [9.17, 15) is 4.39 Å². The topological polar surface area (TPSA) is 80.5 Å². The number of H-pyrrole nitrogens is 1. The Kier molecular flexibility index (Phi) is 5.50. The quantitative estimate of drug-likeness (QED) is 0.442. The number of benzene rings is 2. The zero-order valence-electron chi connectivity index (χ0n) is 14.3. The summed E-state index contributed by atoms with van der Waals surface area (Å²) in [4.78, 5) is 4.36. The number of hydrogen-bond donors (Lipinski definition) is 1. The molecular formula is C19H13ClFN5OS. The van der Waals surface area contributed by atoms with Gasteiger partial charge in [0.25, 0.3) is 0 Å². The van der Waals surface area contributed by atoms with Gasteiger partial charge in [-0.3, -0.25) is 5.10 Å². The Labute approximate surface area is 168 Å². The maximum absolute atomic E-state index is 12.9. The van der Waals surface area contributed by atoms with Crippen molar-refractivity contribution in [3.63, 3.8) is 0 Å². The Bertz CT molecular complexity index is 1090. The molecule has 140 valence electrons. The molecule has 0 bridgehead atoms. The van der Waals surface area contributed by atoms with Crippen molar-refractivity contribution in [1.29, 1.82) is 0 Å². The van der Waals surface area contributed by atoms with Gasteiger partial charge in [0.05, 0.1) is 5.75 Å². The minimum absolute atomic E-state index is 0.268. The lowest BCUT2D eigenvalue weighted by Crippen LogP contribution is -1.82. The number of hydrogen-bond acceptors (Lipinski definition) is 6. The first-order chi connectivity index (χ1) is 13.7. The molecule has 0 amide bonds. The predicted molar refractivity (Wildman–Crippen MR) is 106 cm³/mol. The summed E-state index contributed by atoms with van der Waals surface area (Å²) < 4.78 is 18.6. The van der Waals surface area contributed by atoms with Crippen molar-refractivity contribution in [3.8, 4) is 11.5 Å². The Balaban J connectivity index is 1.36. The normalized spacial score (nSPS) is 11.4. The summed E-state index contributed by atoms with van der Waals surface area (Å²) in [6, 6.07) is 13.4. The van der Waals surface area contributed by atoms with Crippen LogP contribution in [-0.4, -0.2) is 25.4 Å². The lowest BCUT2D eigenvalue weighted by molar-refractivity contribution is 0.528. The highest BCUT2D eigenvalue weighted by atomic mass is 35.5.